The molecule has 6 rings (SSSR count). The molecule has 1 aliphatic carbocycles. The summed E-state index contributed by atoms with van der Waals surface area (Å²) in [5, 5.41) is 5.84. The van der Waals surface area contributed by atoms with Crippen molar-refractivity contribution in [2.75, 3.05) is 6.54 Å². The minimum absolute atomic E-state index is 0.00492. The lowest BCUT2D eigenvalue weighted by molar-refractivity contribution is -0.141. The minimum Gasteiger partial charge on any atom is -0.444 e. The Bertz CT molecular complexity index is 1850. The number of fused-ring (bicyclic) bond motifs is 3. The van der Waals surface area contributed by atoms with Crippen LogP contribution >= 0.6 is 19.1 Å². The zero-order valence-corrected chi connectivity index (χ0v) is 29.2. The lowest BCUT2D eigenvalue weighted by Crippen LogP contribution is -2.57. The summed E-state index contributed by atoms with van der Waals surface area (Å²) in [6.07, 6.45) is 3.93. The molecule has 3 aliphatic heterocycles. The van der Waals surface area contributed by atoms with E-state index in [1.165, 1.54) is 23.1 Å². The molecule has 4 heterocycles. The summed E-state index contributed by atoms with van der Waals surface area (Å²) < 4.78 is 60.8. The molecule has 5 atom stereocenters. The molecule has 0 radical (unpaired) electrons. The number of rotatable bonds is 6. The highest BCUT2D eigenvalue weighted by Gasteiger charge is 2.62. The van der Waals surface area contributed by atoms with Crippen molar-refractivity contribution in [3.8, 4) is 0 Å². The Morgan fingerprint density at radius 2 is 1.92 bits per heavy atom. The van der Waals surface area contributed by atoms with Crippen LogP contribution in [0.5, 0.6) is 0 Å². The molecular formula is C31H37FN5O10PS2. The Morgan fingerprint density at radius 3 is 2.64 bits per heavy atom. The summed E-state index contributed by atoms with van der Waals surface area (Å²) in [6.45, 7) is -0.247. The third kappa shape index (κ3) is 7.80. The summed E-state index contributed by atoms with van der Waals surface area (Å²) in [6, 6.07) is 4.83. The van der Waals surface area contributed by atoms with Gasteiger partial charge in [-0.15, -0.1) is 11.3 Å². The molecule has 2 fully saturated rings. The maximum atomic E-state index is 14.4. The first-order valence-electron chi connectivity index (χ1n) is 16.1. The third-order valence-corrected chi connectivity index (χ3v) is 12.8. The highest BCUT2D eigenvalue weighted by Crippen LogP contribution is 2.47. The number of amides is 4. The third-order valence-electron chi connectivity index (χ3n) is 9.40. The molecule has 5 N–H and O–H groups in total. The van der Waals surface area contributed by atoms with Gasteiger partial charge in [-0.05, 0) is 48.8 Å². The number of nitrogens with zero attached hydrogens (tertiary/aromatic N) is 2. The van der Waals surface area contributed by atoms with Gasteiger partial charge < -0.3 is 24.7 Å². The van der Waals surface area contributed by atoms with E-state index in [-0.39, 0.29) is 43.1 Å². The average molecular weight is 754 g/mol. The van der Waals surface area contributed by atoms with Crippen LogP contribution in [-0.4, -0.2) is 82.1 Å². The largest absolute Gasteiger partial charge is 0.444 e. The lowest BCUT2D eigenvalue weighted by Gasteiger charge is -2.29. The quantitative estimate of drug-likeness (QED) is 0.215. The van der Waals surface area contributed by atoms with Crippen LogP contribution in [-0.2, 0) is 46.8 Å². The Kier molecular flexibility index (Phi) is 10.2. The monoisotopic (exact) mass is 753 g/mol. The molecule has 4 aliphatic rings. The zero-order chi connectivity index (χ0) is 35.8. The van der Waals surface area contributed by atoms with E-state index < -0.39 is 77.0 Å². The van der Waals surface area contributed by atoms with Gasteiger partial charge in [0.25, 0.3) is 15.9 Å². The summed E-state index contributed by atoms with van der Waals surface area (Å²) in [4.78, 5) is 76.0. The molecule has 270 valence electrons. The number of sulfonamides is 1. The van der Waals surface area contributed by atoms with Gasteiger partial charge in [-0.25, -0.2) is 22.2 Å². The Balaban J connectivity index is 1.28. The molecule has 1 saturated heterocycles. The van der Waals surface area contributed by atoms with Crippen LogP contribution in [0, 0.1) is 11.7 Å². The molecule has 50 heavy (non-hydrogen) atoms. The average Bonchev–Trinajstić information content (AvgIpc) is 3.51. The molecular weight excluding hydrogens is 716 g/mol. The van der Waals surface area contributed by atoms with E-state index in [0.29, 0.717) is 36.8 Å². The first-order chi connectivity index (χ1) is 23.7. The van der Waals surface area contributed by atoms with E-state index in [1.54, 1.807) is 28.7 Å². The van der Waals surface area contributed by atoms with Gasteiger partial charge in [0.05, 0.1) is 13.1 Å². The number of ether oxygens (including phenoxy) is 1. The molecule has 0 spiro atoms. The van der Waals surface area contributed by atoms with Crippen LogP contribution in [0.2, 0.25) is 0 Å². The second-order valence-electron chi connectivity index (χ2n) is 12.9. The molecule has 1 aromatic carbocycles. The number of benzene rings is 1. The van der Waals surface area contributed by atoms with Crippen molar-refractivity contribution in [2.24, 2.45) is 5.92 Å². The van der Waals surface area contributed by atoms with E-state index in [9.17, 15) is 46.3 Å². The van der Waals surface area contributed by atoms with Crippen molar-refractivity contribution in [1.82, 2.24) is 24.9 Å². The second kappa shape index (κ2) is 14.2. The van der Waals surface area contributed by atoms with Crippen molar-refractivity contribution in [1.29, 1.82) is 0 Å². The van der Waals surface area contributed by atoms with Crippen LogP contribution < -0.4 is 15.1 Å². The SMILES string of the molecule is O=C1NC2(C(=O)NP(=O)(O)O)CC2/C=C\CCCCC[C@H](NS(=O)(=O)c2cccs2)C(=O)N2C[C@@H](OC(=O)N3Cc4cccc(F)c4C3)C[C@@H]12. The van der Waals surface area contributed by atoms with Gasteiger partial charge in [-0.3, -0.25) is 24.4 Å². The number of hydrogen-bond acceptors (Lipinski definition) is 9. The van der Waals surface area contributed by atoms with Crippen LogP contribution in [0.4, 0.5) is 9.18 Å². The van der Waals surface area contributed by atoms with E-state index in [2.05, 4.69) is 10.0 Å². The Labute approximate surface area is 291 Å². The van der Waals surface area contributed by atoms with Gasteiger partial charge >= 0.3 is 13.8 Å². The molecule has 1 saturated carbocycles. The molecule has 2 unspecified atom stereocenters. The number of carbonyl (C=O) groups is 4. The van der Waals surface area contributed by atoms with Gasteiger partial charge in [0.1, 0.15) is 33.8 Å². The number of allylic oxidation sites excluding steroid dienone is 1. The van der Waals surface area contributed by atoms with Crippen LogP contribution in [0.3, 0.4) is 0 Å². The summed E-state index contributed by atoms with van der Waals surface area (Å²) in [5.74, 6) is -3.75. The lowest BCUT2D eigenvalue weighted by atomic mass is 10.1. The van der Waals surface area contributed by atoms with E-state index in [1.807, 2.05) is 6.08 Å². The summed E-state index contributed by atoms with van der Waals surface area (Å²) >= 11 is 0.970. The number of nitrogens with one attached hydrogen (secondary N) is 3. The van der Waals surface area contributed by atoms with Crippen molar-refractivity contribution in [2.45, 2.75) is 86.0 Å². The number of thiophene rings is 1. The fourth-order valence-electron chi connectivity index (χ4n) is 6.76. The normalized spacial score (nSPS) is 28.0. The maximum absolute atomic E-state index is 14.4. The molecule has 0 bridgehead atoms. The summed E-state index contributed by atoms with van der Waals surface area (Å²) in [7, 11) is -9.16. The van der Waals surface area contributed by atoms with Crippen molar-refractivity contribution in [3.05, 3.63) is 64.8 Å². The van der Waals surface area contributed by atoms with E-state index in [4.69, 9.17) is 4.74 Å². The van der Waals surface area contributed by atoms with Gasteiger partial charge in [-0.2, -0.15) is 4.72 Å². The van der Waals surface area contributed by atoms with Gasteiger partial charge in [0, 0.05) is 24.4 Å². The van der Waals surface area contributed by atoms with Crippen LogP contribution in [0.25, 0.3) is 0 Å². The van der Waals surface area contributed by atoms with Gasteiger partial charge in [-0.1, -0.05) is 43.2 Å². The smallest absolute Gasteiger partial charge is 0.429 e. The van der Waals surface area contributed by atoms with Gasteiger partial charge in [0.2, 0.25) is 11.8 Å². The van der Waals surface area contributed by atoms with Crippen LogP contribution in [0.1, 0.15) is 56.1 Å². The van der Waals surface area contributed by atoms with Crippen molar-refractivity contribution in [3.63, 3.8) is 0 Å². The number of hydrogen-bond donors (Lipinski definition) is 5. The van der Waals surface area contributed by atoms with E-state index in [0.717, 1.165) is 16.2 Å². The highest BCUT2D eigenvalue weighted by molar-refractivity contribution is 7.91. The molecule has 15 nitrogen and oxygen atoms in total. The fraction of sp³-hybridized carbons (Fsp3) is 0.484. The predicted octanol–water partition coefficient (Wildman–Crippen LogP) is 2.26. The number of carbonyl (C=O) groups excluding carboxylic acids is 4. The minimum atomic E-state index is -5.03. The first-order valence-corrected chi connectivity index (χ1v) is 20.1. The zero-order valence-electron chi connectivity index (χ0n) is 26.7. The van der Waals surface area contributed by atoms with Crippen LogP contribution in [0.15, 0.2) is 52.1 Å². The predicted molar refractivity (Wildman–Crippen MR) is 176 cm³/mol. The number of halogens is 1. The van der Waals surface area contributed by atoms with Crippen molar-refractivity contribution < 1.29 is 51.1 Å². The van der Waals surface area contributed by atoms with Crippen molar-refractivity contribution >= 4 is 52.9 Å². The first kappa shape index (κ1) is 36.1. The molecule has 4 amide bonds. The Morgan fingerprint density at radius 1 is 1.12 bits per heavy atom. The molecule has 1 aromatic heterocycles. The highest BCUT2D eigenvalue weighted by atomic mass is 32.2. The van der Waals surface area contributed by atoms with Gasteiger partial charge in [0.15, 0.2) is 0 Å². The second-order valence-corrected chi connectivity index (χ2v) is 17.1. The topological polar surface area (TPSA) is 212 Å². The fourth-order valence-corrected chi connectivity index (χ4v) is 9.46. The summed E-state index contributed by atoms with van der Waals surface area (Å²) in [5.41, 5.74) is -0.751. The maximum Gasteiger partial charge on any atom is 0.429 e. The van der Waals surface area contributed by atoms with E-state index >= 15 is 0 Å². The standard InChI is InChI=1S/C31H37FN5O10PS2/c32-23-10-6-8-19-16-36(18-22(19)23)30(41)47-21-14-25-27(38)33-31(29(40)34-48(42,43)44)15-20(31)9-4-2-1-3-5-11-24(28(39)37(25)17-21)35-50(45,46)26-12-7-13-49-26/h4,6-10,12-13,20-21,24-25,35H,1-3,5,11,14-18H2,(H,33,38)(H3,34,40,42,43,44)/b9-4-/t20?,21-,24-,25-,31?/m0/s1. The Hall–Kier alpha value is -3.67. The molecule has 19 heteroatoms. The molecule has 2 aromatic rings.